The number of nitrogens with one attached hydrogen (secondary N) is 1. The van der Waals surface area contributed by atoms with Gasteiger partial charge in [-0.3, -0.25) is 4.79 Å². The van der Waals surface area contributed by atoms with Gasteiger partial charge in [-0.2, -0.15) is 0 Å². The Bertz CT molecular complexity index is 1390. The van der Waals surface area contributed by atoms with Gasteiger partial charge in [0.05, 0.1) is 40.0 Å². The zero-order chi connectivity index (χ0) is 23.0. The van der Waals surface area contributed by atoms with E-state index in [0.29, 0.717) is 30.0 Å². The lowest BCUT2D eigenvalue weighted by Gasteiger charge is -2.14. The molecule has 5 rings (SSSR count). The molecule has 1 amide bonds. The average molecular weight is 485 g/mol. The maximum Gasteiger partial charge on any atom is 0.272 e. The van der Waals surface area contributed by atoms with Gasteiger partial charge >= 0.3 is 0 Å². The fourth-order valence-corrected chi connectivity index (χ4v) is 6.71. The molecule has 0 spiro atoms. The van der Waals surface area contributed by atoms with Crippen LogP contribution >= 0.6 is 11.3 Å². The van der Waals surface area contributed by atoms with Crippen molar-refractivity contribution < 1.29 is 13.2 Å². The number of nitrogens with zero attached hydrogens (tertiary/aromatic N) is 5. The van der Waals surface area contributed by atoms with E-state index in [0.717, 1.165) is 23.4 Å². The molecule has 1 aliphatic rings. The molecule has 1 aliphatic heterocycles. The van der Waals surface area contributed by atoms with Crippen molar-refractivity contribution in [3.8, 4) is 10.6 Å². The number of pyridine rings is 1. The van der Waals surface area contributed by atoms with Crippen LogP contribution in [0.2, 0.25) is 0 Å². The maximum atomic E-state index is 13.2. The number of carbonyl (C=O) groups is 1. The van der Waals surface area contributed by atoms with Gasteiger partial charge in [-0.05, 0) is 37.3 Å². The predicted octanol–water partition coefficient (Wildman–Crippen LogP) is 2.84. The smallest absolute Gasteiger partial charge is 0.272 e. The number of aryl methyl sites for hydroxylation is 2. The first-order chi connectivity index (χ1) is 15.9. The van der Waals surface area contributed by atoms with Gasteiger partial charge in [0.1, 0.15) is 11.3 Å². The second kappa shape index (κ2) is 8.71. The molecule has 172 valence electrons. The monoisotopic (exact) mass is 484 g/mol. The summed E-state index contributed by atoms with van der Waals surface area (Å²) in [7, 11) is -3.07. The number of aromatic nitrogens is 5. The molecule has 1 N–H and O–H groups in total. The van der Waals surface area contributed by atoms with E-state index in [4.69, 9.17) is 0 Å². The molecule has 33 heavy (non-hydrogen) atoms. The lowest BCUT2D eigenvalue weighted by molar-refractivity contribution is 0.0949. The van der Waals surface area contributed by atoms with E-state index in [1.165, 1.54) is 0 Å². The number of rotatable bonds is 7. The van der Waals surface area contributed by atoms with E-state index < -0.39 is 9.84 Å². The Labute approximate surface area is 195 Å². The van der Waals surface area contributed by atoms with E-state index in [2.05, 4.69) is 20.3 Å². The summed E-state index contributed by atoms with van der Waals surface area (Å²) in [5, 5.41) is 4.92. The van der Waals surface area contributed by atoms with Gasteiger partial charge in [0.25, 0.3) is 5.91 Å². The minimum Gasteiger partial charge on any atom is -0.351 e. The molecular formula is C22H24N6O3S2. The fourth-order valence-electron chi connectivity index (χ4n) is 4.32. The van der Waals surface area contributed by atoms with Crippen LogP contribution in [0.15, 0.2) is 42.3 Å². The highest BCUT2D eigenvalue weighted by molar-refractivity contribution is 7.91. The third-order valence-electron chi connectivity index (χ3n) is 5.85. The zero-order valence-electron chi connectivity index (χ0n) is 18.1. The quantitative estimate of drug-likeness (QED) is 0.404. The van der Waals surface area contributed by atoms with E-state index in [1.54, 1.807) is 23.9 Å². The van der Waals surface area contributed by atoms with Crippen molar-refractivity contribution in [1.82, 2.24) is 29.4 Å². The Hall–Kier alpha value is -3.05. The Morgan fingerprint density at radius 3 is 2.91 bits per heavy atom. The molecule has 1 fully saturated rings. The molecule has 1 saturated heterocycles. The molecule has 4 aromatic heterocycles. The van der Waals surface area contributed by atoms with Crippen LogP contribution in [0.25, 0.3) is 21.6 Å². The summed E-state index contributed by atoms with van der Waals surface area (Å²) < 4.78 is 28.2. The lowest BCUT2D eigenvalue weighted by atomic mass is 10.2. The fraction of sp³-hybridized carbons (Fsp3) is 0.364. The van der Waals surface area contributed by atoms with E-state index >= 15 is 0 Å². The van der Waals surface area contributed by atoms with Crippen LogP contribution in [0.1, 0.15) is 35.2 Å². The highest BCUT2D eigenvalue weighted by Crippen LogP contribution is 2.33. The molecule has 0 aliphatic carbocycles. The first-order valence-corrected chi connectivity index (χ1v) is 13.5. The van der Waals surface area contributed by atoms with Crippen LogP contribution in [0.4, 0.5) is 0 Å². The van der Waals surface area contributed by atoms with Gasteiger partial charge in [0.2, 0.25) is 0 Å². The first-order valence-electron chi connectivity index (χ1n) is 10.8. The van der Waals surface area contributed by atoms with E-state index in [9.17, 15) is 13.2 Å². The van der Waals surface area contributed by atoms with Crippen molar-refractivity contribution in [3.05, 3.63) is 53.8 Å². The number of amides is 1. The number of hydrogen-bond donors (Lipinski definition) is 1. The van der Waals surface area contributed by atoms with Crippen molar-refractivity contribution in [2.24, 2.45) is 0 Å². The standard InChI is InChI=1S/C22H24N6O3S2/c1-15-25-20-18(28(15)16-5-11-33(30,31)13-16)12-17(19-4-2-10-32-19)26-21(20)22(29)24-6-3-8-27-9-7-23-14-27/h2,4,7,9-10,12,14,16H,3,5-6,8,11,13H2,1H3,(H,24,29). The molecule has 1 unspecified atom stereocenters. The van der Waals surface area contributed by atoms with Gasteiger partial charge in [0, 0.05) is 25.5 Å². The van der Waals surface area contributed by atoms with Crippen molar-refractivity contribution in [2.45, 2.75) is 32.4 Å². The van der Waals surface area contributed by atoms with E-state index in [1.807, 2.05) is 45.8 Å². The minimum atomic E-state index is -3.07. The van der Waals surface area contributed by atoms with Crippen molar-refractivity contribution >= 4 is 38.1 Å². The molecule has 9 nitrogen and oxygen atoms in total. The molecule has 5 heterocycles. The van der Waals surface area contributed by atoms with Crippen LogP contribution in [0.3, 0.4) is 0 Å². The zero-order valence-corrected chi connectivity index (χ0v) is 19.8. The third kappa shape index (κ3) is 4.42. The first kappa shape index (κ1) is 21.8. The average Bonchev–Trinajstić information content (AvgIpc) is 3.57. The van der Waals surface area contributed by atoms with Crippen LogP contribution < -0.4 is 5.32 Å². The van der Waals surface area contributed by atoms with Crippen LogP contribution in [-0.2, 0) is 16.4 Å². The summed E-state index contributed by atoms with van der Waals surface area (Å²) in [6, 6.07) is 5.62. The highest BCUT2D eigenvalue weighted by Gasteiger charge is 2.32. The van der Waals surface area contributed by atoms with Gasteiger partial charge in [0.15, 0.2) is 15.5 Å². The molecule has 0 aromatic carbocycles. The Kier molecular flexibility index (Phi) is 5.75. The molecule has 4 aromatic rings. The van der Waals surface area contributed by atoms with Crippen LogP contribution in [-0.4, -0.2) is 56.5 Å². The number of thiophene rings is 1. The second-order valence-corrected chi connectivity index (χ2v) is 11.4. The molecular weight excluding hydrogens is 460 g/mol. The van der Waals surface area contributed by atoms with Crippen molar-refractivity contribution in [2.75, 3.05) is 18.1 Å². The number of fused-ring (bicyclic) bond motifs is 1. The predicted molar refractivity (Wildman–Crippen MR) is 127 cm³/mol. The molecule has 1 atom stereocenters. The molecule has 0 bridgehead atoms. The summed E-state index contributed by atoms with van der Waals surface area (Å²) in [5.74, 6) is 0.662. The molecule has 0 radical (unpaired) electrons. The summed E-state index contributed by atoms with van der Waals surface area (Å²) in [4.78, 5) is 27.4. The van der Waals surface area contributed by atoms with Crippen molar-refractivity contribution in [1.29, 1.82) is 0 Å². The Morgan fingerprint density at radius 1 is 1.33 bits per heavy atom. The van der Waals surface area contributed by atoms with Gasteiger partial charge < -0.3 is 14.5 Å². The number of sulfone groups is 1. The SMILES string of the molecule is Cc1nc2c(C(=O)NCCCn3ccnc3)nc(-c3cccs3)cc2n1C1CCS(=O)(=O)C1. The number of hydrogen-bond acceptors (Lipinski definition) is 7. The number of imidazole rings is 2. The second-order valence-electron chi connectivity index (χ2n) is 8.20. The van der Waals surface area contributed by atoms with Crippen LogP contribution in [0.5, 0.6) is 0 Å². The van der Waals surface area contributed by atoms with Crippen LogP contribution in [0, 0.1) is 6.92 Å². The van der Waals surface area contributed by atoms with Gasteiger partial charge in [-0.15, -0.1) is 11.3 Å². The lowest BCUT2D eigenvalue weighted by Crippen LogP contribution is -2.26. The van der Waals surface area contributed by atoms with Crippen molar-refractivity contribution in [3.63, 3.8) is 0 Å². The number of carbonyl (C=O) groups excluding carboxylic acids is 1. The maximum absolute atomic E-state index is 13.2. The highest BCUT2D eigenvalue weighted by atomic mass is 32.2. The Balaban J connectivity index is 1.49. The third-order valence-corrected chi connectivity index (χ3v) is 8.50. The minimum absolute atomic E-state index is 0.0890. The normalized spacial score (nSPS) is 17.5. The summed E-state index contributed by atoms with van der Waals surface area (Å²) in [6.45, 7) is 3.09. The molecule has 0 saturated carbocycles. The Morgan fingerprint density at radius 2 is 2.21 bits per heavy atom. The summed E-state index contributed by atoms with van der Waals surface area (Å²) in [5.41, 5.74) is 2.20. The topological polar surface area (TPSA) is 112 Å². The largest absolute Gasteiger partial charge is 0.351 e. The van der Waals surface area contributed by atoms with Gasteiger partial charge in [-0.25, -0.2) is 23.4 Å². The summed E-state index contributed by atoms with van der Waals surface area (Å²) in [6.07, 6.45) is 6.65. The summed E-state index contributed by atoms with van der Waals surface area (Å²) >= 11 is 1.54. The van der Waals surface area contributed by atoms with E-state index in [-0.39, 0.29) is 29.1 Å². The van der Waals surface area contributed by atoms with Gasteiger partial charge in [-0.1, -0.05) is 6.07 Å². The molecule has 11 heteroatoms.